The highest BCUT2D eigenvalue weighted by molar-refractivity contribution is 8.00. The van der Waals surface area contributed by atoms with Crippen LogP contribution in [0.3, 0.4) is 0 Å². The number of rotatable bonds is 4. The first-order valence-corrected chi connectivity index (χ1v) is 8.87. The van der Waals surface area contributed by atoms with Crippen LogP contribution in [-0.4, -0.2) is 42.7 Å². The highest BCUT2D eigenvalue weighted by Crippen LogP contribution is 2.25. The molecule has 4 nitrogen and oxygen atoms in total. The highest BCUT2D eigenvalue weighted by Gasteiger charge is 2.21. The fourth-order valence-corrected chi connectivity index (χ4v) is 3.58. The number of carbonyl (C=O) groups excluding carboxylic acids is 1. The lowest BCUT2D eigenvalue weighted by molar-refractivity contribution is -0.128. The van der Waals surface area contributed by atoms with Crippen molar-refractivity contribution in [2.45, 2.75) is 4.90 Å². The number of amides is 1. The summed E-state index contributed by atoms with van der Waals surface area (Å²) >= 11 is 1.48. The number of piperazine rings is 1. The molecule has 0 atom stereocenters. The summed E-state index contributed by atoms with van der Waals surface area (Å²) in [5.41, 5.74) is 7.60. The van der Waals surface area contributed by atoms with Gasteiger partial charge in [-0.15, -0.1) is 11.8 Å². The molecule has 0 saturated carbocycles. The third-order valence-corrected chi connectivity index (χ3v) is 5.17. The summed E-state index contributed by atoms with van der Waals surface area (Å²) in [7, 11) is 0. The molecule has 24 heavy (non-hydrogen) atoms. The van der Waals surface area contributed by atoms with Crippen molar-refractivity contribution in [1.82, 2.24) is 4.90 Å². The minimum Gasteiger partial charge on any atom is -0.398 e. The molecule has 6 heteroatoms. The van der Waals surface area contributed by atoms with E-state index in [9.17, 15) is 9.18 Å². The molecule has 3 rings (SSSR count). The first-order valence-electron chi connectivity index (χ1n) is 7.89. The summed E-state index contributed by atoms with van der Waals surface area (Å²) in [6.07, 6.45) is 0. The van der Waals surface area contributed by atoms with Crippen LogP contribution in [-0.2, 0) is 4.79 Å². The number of hydrogen-bond donors (Lipinski definition) is 1. The average molecular weight is 345 g/mol. The van der Waals surface area contributed by atoms with Crippen molar-refractivity contribution in [2.24, 2.45) is 0 Å². The smallest absolute Gasteiger partial charge is 0.233 e. The molecular weight excluding hydrogens is 325 g/mol. The number of thioether (sulfide) groups is 1. The van der Waals surface area contributed by atoms with Crippen LogP contribution in [0, 0.1) is 5.82 Å². The maximum absolute atomic E-state index is 13.0. The number of carbonyl (C=O) groups is 1. The summed E-state index contributed by atoms with van der Waals surface area (Å²) in [4.78, 5) is 17.4. The zero-order valence-electron chi connectivity index (χ0n) is 13.3. The first-order chi connectivity index (χ1) is 11.6. The van der Waals surface area contributed by atoms with Gasteiger partial charge in [0.05, 0.1) is 5.75 Å². The Morgan fingerprint density at radius 1 is 1.04 bits per heavy atom. The molecule has 1 aliphatic rings. The third-order valence-electron chi connectivity index (χ3n) is 4.09. The van der Waals surface area contributed by atoms with Crippen LogP contribution in [0.4, 0.5) is 15.8 Å². The Morgan fingerprint density at radius 2 is 1.71 bits per heavy atom. The van der Waals surface area contributed by atoms with Crippen molar-refractivity contribution in [2.75, 3.05) is 42.6 Å². The predicted octanol–water partition coefficient (Wildman–Crippen LogP) is 2.85. The number of nitrogens with two attached hydrogens (primary N) is 1. The number of para-hydroxylation sites is 1. The zero-order chi connectivity index (χ0) is 16.9. The van der Waals surface area contributed by atoms with Gasteiger partial charge in [0.2, 0.25) is 5.91 Å². The van der Waals surface area contributed by atoms with Gasteiger partial charge in [0, 0.05) is 42.4 Å². The molecule has 0 aliphatic carbocycles. The van der Waals surface area contributed by atoms with Gasteiger partial charge in [0.15, 0.2) is 0 Å². The Labute approximate surface area is 145 Å². The summed E-state index contributed by atoms with van der Waals surface area (Å²) in [6, 6.07) is 14.1. The van der Waals surface area contributed by atoms with Crippen molar-refractivity contribution < 1.29 is 9.18 Å². The molecule has 0 bridgehead atoms. The van der Waals surface area contributed by atoms with E-state index in [0.717, 1.165) is 23.7 Å². The fourth-order valence-electron chi connectivity index (χ4n) is 2.71. The maximum atomic E-state index is 13.0. The van der Waals surface area contributed by atoms with Gasteiger partial charge in [-0.3, -0.25) is 4.79 Å². The van der Waals surface area contributed by atoms with Crippen molar-refractivity contribution in [3.63, 3.8) is 0 Å². The van der Waals surface area contributed by atoms with Crippen molar-refractivity contribution >= 4 is 29.0 Å². The van der Waals surface area contributed by atoms with Gasteiger partial charge >= 0.3 is 0 Å². The molecule has 0 spiro atoms. The van der Waals surface area contributed by atoms with Crippen LogP contribution >= 0.6 is 11.8 Å². The van der Waals surface area contributed by atoms with Gasteiger partial charge in [-0.25, -0.2) is 4.39 Å². The third kappa shape index (κ3) is 4.00. The van der Waals surface area contributed by atoms with E-state index in [0.29, 0.717) is 24.5 Å². The molecule has 1 heterocycles. The number of benzene rings is 2. The van der Waals surface area contributed by atoms with E-state index in [2.05, 4.69) is 4.90 Å². The van der Waals surface area contributed by atoms with E-state index in [-0.39, 0.29) is 11.7 Å². The lowest BCUT2D eigenvalue weighted by Gasteiger charge is -2.36. The number of hydrogen-bond acceptors (Lipinski definition) is 4. The molecule has 2 N–H and O–H groups in total. The number of halogens is 1. The zero-order valence-corrected chi connectivity index (χ0v) is 14.1. The largest absolute Gasteiger partial charge is 0.398 e. The Hall–Kier alpha value is -2.21. The second-order valence-electron chi connectivity index (χ2n) is 5.67. The van der Waals surface area contributed by atoms with E-state index >= 15 is 0 Å². The Bertz CT molecular complexity index is 700. The molecule has 1 fully saturated rings. The van der Waals surface area contributed by atoms with Crippen LogP contribution in [0.5, 0.6) is 0 Å². The van der Waals surface area contributed by atoms with Crippen molar-refractivity contribution in [3.8, 4) is 0 Å². The van der Waals surface area contributed by atoms with E-state index in [1.54, 1.807) is 12.1 Å². The number of anilines is 2. The number of nitrogen functional groups attached to an aromatic ring is 1. The van der Waals surface area contributed by atoms with Gasteiger partial charge in [-0.05, 0) is 36.4 Å². The van der Waals surface area contributed by atoms with Gasteiger partial charge < -0.3 is 15.5 Å². The molecule has 1 aliphatic heterocycles. The number of nitrogens with zero attached hydrogens (tertiary/aromatic N) is 2. The standard InChI is InChI=1S/C18H20FN3OS/c19-14-5-7-15(8-6-14)21-9-11-22(12-10-21)18(23)13-24-17-4-2-1-3-16(17)20/h1-8H,9-13,20H2. The quantitative estimate of drug-likeness (QED) is 0.684. The van der Waals surface area contributed by atoms with E-state index in [4.69, 9.17) is 5.73 Å². The molecule has 2 aromatic carbocycles. The first kappa shape index (κ1) is 16.6. The van der Waals surface area contributed by atoms with Gasteiger partial charge in [0.25, 0.3) is 0 Å². The van der Waals surface area contributed by atoms with Gasteiger partial charge in [0.1, 0.15) is 5.82 Å². The molecule has 0 unspecified atom stereocenters. The Kier molecular flexibility index (Phi) is 5.25. The monoisotopic (exact) mass is 345 g/mol. The highest BCUT2D eigenvalue weighted by atomic mass is 32.2. The van der Waals surface area contributed by atoms with Crippen LogP contribution in [0.1, 0.15) is 0 Å². The van der Waals surface area contributed by atoms with E-state index in [1.807, 2.05) is 29.2 Å². The van der Waals surface area contributed by atoms with E-state index < -0.39 is 0 Å². The van der Waals surface area contributed by atoms with Crippen LogP contribution in [0.2, 0.25) is 0 Å². The second-order valence-corrected chi connectivity index (χ2v) is 6.69. The fraction of sp³-hybridized carbons (Fsp3) is 0.278. The molecular formula is C18H20FN3OS. The topological polar surface area (TPSA) is 49.6 Å². The summed E-state index contributed by atoms with van der Waals surface area (Å²) in [5, 5.41) is 0. The van der Waals surface area contributed by atoms with Crippen molar-refractivity contribution in [1.29, 1.82) is 0 Å². The Morgan fingerprint density at radius 3 is 2.38 bits per heavy atom. The Balaban J connectivity index is 1.50. The summed E-state index contributed by atoms with van der Waals surface area (Å²) in [5.74, 6) is 0.289. The lowest BCUT2D eigenvalue weighted by Crippen LogP contribution is -2.49. The molecule has 126 valence electrons. The van der Waals surface area contributed by atoms with Gasteiger partial charge in [-0.1, -0.05) is 12.1 Å². The van der Waals surface area contributed by atoms with Gasteiger partial charge in [-0.2, -0.15) is 0 Å². The molecule has 1 amide bonds. The molecule has 1 saturated heterocycles. The molecule has 0 radical (unpaired) electrons. The van der Waals surface area contributed by atoms with Crippen LogP contribution in [0.15, 0.2) is 53.4 Å². The lowest BCUT2D eigenvalue weighted by atomic mass is 10.2. The predicted molar refractivity (Wildman–Crippen MR) is 96.8 cm³/mol. The summed E-state index contributed by atoms with van der Waals surface area (Å²) < 4.78 is 13.0. The average Bonchev–Trinajstić information content (AvgIpc) is 2.62. The maximum Gasteiger partial charge on any atom is 0.233 e. The molecule has 0 aromatic heterocycles. The van der Waals surface area contributed by atoms with Crippen LogP contribution < -0.4 is 10.6 Å². The van der Waals surface area contributed by atoms with Crippen molar-refractivity contribution in [3.05, 3.63) is 54.3 Å². The SMILES string of the molecule is Nc1ccccc1SCC(=O)N1CCN(c2ccc(F)cc2)CC1. The summed E-state index contributed by atoms with van der Waals surface area (Å²) in [6.45, 7) is 2.88. The second kappa shape index (κ2) is 7.57. The van der Waals surface area contributed by atoms with E-state index in [1.165, 1.54) is 23.9 Å². The normalized spacial score (nSPS) is 14.7. The van der Waals surface area contributed by atoms with Crippen LogP contribution in [0.25, 0.3) is 0 Å². The molecule has 2 aromatic rings. The minimum atomic E-state index is -0.232. The minimum absolute atomic E-state index is 0.127.